The number of hydrogen-bond acceptors (Lipinski definition) is 8. The lowest BCUT2D eigenvalue weighted by Crippen LogP contribution is -2.40. The lowest BCUT2D eigenvalue weighted by Gasteiger charge is -2.31. The van der Waals surface area contributed by atoms with E-state index in [4.69, 9.17) is 4.74 Å². The van der Waals surface area contributed by atoms with Gasteiger partial charge in [-0.15, -0.1) is 0 Å². The van der Waals surface area contributed by atoms with E-state index >= 15 is 0 Å². The van der Waals surface area contributed by atoms with Crippen molar-refractivity contribution in [2.24, 2.45) is 0 Å². The number of piperidine rings is 1. The number of phenols is 1. The summed E-state index contributed by atoms with van der Waals surface area (Å²) in [5.74, 6) is 0.149. The molecule has 0 aliphatic carbocycles. The standard InChI is InChI=1S/C46H52N4O7/c1-49(44(55)26-30-50-28-24-36(25-29-50)57-46(56)47-40-14-6-5-13-37(40)34-10-3-2-4-11-34)27-8-12-35(51)31-33-18-16-32(17-19-33)9-7-15-41(52)38-20-22-42(53)45-39(38)21-23-43(54)48-45/h2-6,10-11,13-14,16-23,36,41,52-53H,7-9,12,15,24-31H2,1H3,(H,47,56)(H,48,54)/t41-/m0/s1. The maximum absolute atomic E-state index is 12.9. The SMILES string of the molecule is CN(CCCC(=O)Cc1ccc(CCC[C@H](O)c2ccc(O)c3[nH]c(=O)ccc23)cc1)C(=O)CCN1CCC(OC(=O)Nc2ccccc2-c2ccccc2)CC1. The number of pyridine rings is 1. The zero-order chi connectivity index (χ0) is 40.1. The third-order valence-electron chi connectivity index (χ3n) is 10.7. The van der Waals surface area contributed by atoms with Crippen LogP contribution in [0, 0.1) is 0 Å². The Morgan fingerprint density at radius 3 is 2.37 bits per heavy atom. The summed E-state index contributed by atoms with van der Waals surface area (Å²) >= 11 is 0. The molecule has 11 nitrogen and oxygen atoms in total. The summed E-state index contributed by atoms with van der Waals surface area (Å²) in [6.45, 7) is 2.65. The maximum atomic E-state index is 12.9. The Balaban J connectivity index is 0.831. The van der Waals surface area contributed by atoms with Crippen molar-refractivity contribution in [2.75, 3.05) is 38.5 Å². The van der Waals surface area contributed by atoms with Crippen LogP contribution in [0.2, 0.25) is 0 Å². The molecular weight excluding hydrogens is 721 g/mol. The number of fused-ring (bicyclic) bond motifs is 1. The maximum Gasteiger partial charge on any atom is 0.411 e. The van der Waals surface area contributed by atoms with E-state index in [1.165, 1.54) is 12.1 Å². The lowest BCUT2D eigenvalue weighted by molar-refractivity contribution is -0.130. The van der Waals surface area contributed by atoms with Crippen molar-refractivity contribution in [3.8, 4) is 16.9 Å². The van der Waals surface area contributed by atoms with Gasteiger partial charge in [-0.3, -0.25) is 19.7 Å². The van der Waals surface area contributed by atoms with Crippen molar-refractivity contribution in [3.05, 3.63) is 130 Å². The van der Waals surface area contributed by atoms with E-state index in [9.17, 15) is 29.4 Å². The Morgan fingerprint density at radius 1 is 0.877 bits per heavy atom. The van der Waals surface area contributed by atoms with Gasteiger partial charge >= 0.3 is 6.09 Å². The van der Waals surface area contributed by atoms with Gasteiger partial charge in [-0.2, -0.15) is 0 Å². The highest BCUT2D eigenvalue weighted by atomic mass is 16.6. The number of hydrogen-bond donors (Lipinski definition) is 4. The summed E-state index contributed by atoms with van der Waals surface area (Å²) in [5, 5.41) is 24.5. The van der Waals surface area contributed by atoms with Crippen LogP contribution in [-0.2, 0) is 27.2 Å². The van der Waals surface area contributed by atoms with Gasteiger partial charge in [-0.05, 0) is 79.0 Å². The van der Waals surface area contributed by atoms with E-state index in [0.717, 1.165) is 48.2 Å². The van der Waals surface area contributed by atoms with E-state index in [1.807, 2.05) is 78.9 Å². The van der Waals surface area contributed by atoms with Crippen LogP contribution in [0.15, 0.2) is 108 Å². The molecule has 4 N–H and O–H groups in total. The molecule has 1 fully saturated rings. The predicted molar refractivity (Wildman–Crippen MR) is 222 cm³/mol. The fourth-order valence-corrected chi connectivity index (χ4v) is 7.43. The summed E-state index contributed by atoms with van der Waals surface area (Å²) in [4.78, 5) is 56.6. The minimum Gasteiger partial charge on any atom is -0.506 e. The minimum atomic E-state index is -0.743. The van der Waals surface area contributed by atoms with Gasteiger partial charge < -0.3 is 29.7 Å². The second-order valence-electron chi connectivity index (χ2n) is 14.9. The Labute approximate surface area is 333 Å². The number of likely N-dealkylation sites (tertiary alicyclic amines) is 1. The highest BCUT2D eigenvalue weighted by Crippen LogP contribution is 2.31. The number of anilines is 1. The zero-order valence-corrected chi connectivity index (χ0v) is 32.5. The number of phenolic OH excluding ortho intramolecular Hbond substituents is 1. The fourth-order valence-electron chi connectivity index (χ4n) is 7.43. The monoisotopic (exact) mass is 772 g/mol. The number of para-hydroxylation sites is 1. The molecule has 0 unspecified atom stereocenters. The van der Waals surface area contributed by atoms with Crippen LogP contribution in [-0.4, -0.2) is 82.1 Å². The van der Waals surface area contributed by atoms with Gasteiger partial charge in [0.15, 0.2) is 0 Å². The molecule has 11 heteroatoms. The van der Waals surface area contributed by atoms with Gasteiger partial charge in [-0.1, -0.05) is 78.9 Å². The van der Waals surface area contributed by atoms with Gasteiger partial charge in [0, 0.05) is 69.5 Å². The molecule has 0 saturated carbocycles. The van der Waals surface area contributed by atoms with Crippen LogP contribution in [0.1, 0.15) is 67.7 Å². The fraction of sp³-hybridized carbons (Fsp3) is 0.348. The van der Waals surface area contributed by atoms with Crippen molar-refractivity contribution < 1.29 is 29.3 Å². The first-order valence-corrected chi connectivity index (χ1v) is 19.8. The number of carbonyl (C=O) groups is 3. The molecule has 1 aromatic heterocycles. The summed E-state index contributed by atoms with van der Waals surface area (Å²) in [5.41, 5.74) is 5.37. The number of ether oxygens (including phenoxy) is 1. The smallest absolute Gasteiger partial charge is 0.411 e. The zero-order valence-electron chi connectivity index (χ0n) is 32.5. The van der Waals surface area contributed by atoms with E-state index in [-0.39, 0.29) is 29.1 Å². The largest absolute Gasteiger partial charge is 0.506 e. The van der Waals surface area contributed by atoms with Crippen molar-refractivity contribution in [3.63, 3.8) is 0 Å². The number of rotatable bonds is 17. The van der Waals surface area contributed by atoms with E-state index in [0.29, 0.717) is 80.2 Å². The number of aromatic nitrogens is 1. The number of carbonyl (C=O) groups excluding carboxylic acids is 3. The van der Waals surface area contributed by atoms with Crippen LogP contribution in [0.3, 0.4) is 0 Å². The number of H-pyrrole nitrogens is 1. The molecule has 1 atom stereocenters. The summed E-state index contributed by atoms with van der Waals surface area (Å²) < 4.78 is 5.75. The molecule has 57 heavy (non-hydrogen) atoms. The molecule has 1 aliphatic rings. The number of aliphatic hydroxyl groups is 1. The number of benzene rings is 4. The molecule has 0 radical (unpaired) electrons. The highest BCUT2D eigenvalue weighted by molar-refractivity contribution is 5.91. The summed E-state index contributed by atoms with van der Waals surface area (Å²) in [6.07, 6.45) is 3.77. The Bertz CT molecular complexity index is 2180. The average molecular weight is 773 g/mol. The average Bonchev–Trinajstić information content (AvgIpc) is 3.22. The third-order valence-corrected chi connectivity index (χ3v) is 10.7. The lowest BCUT2D eigenvalue weighted by atomic mass is 9.97. The topological polar surface area (TPSA) is 152 Å². The summed E-state index contributed by atoms with van der Waals surface area (Å²) in [7, 11) is 1.79. The first-order chi connectivity index (χ1) is 27.6. The normalized spacial score (nSPS) is 13.9. The number of aromatic hydroxyl groups is 1. The van der Waals surface area contributed by atoms with Gasteiger partial charge in [-0.25, -0.2) is 4.79 Å². The second-order valence-corrected chi connectivity index (χ2v) is 14.9. The summed E-state index contributed by atoms with van der Waals surface area (Å²) in [6, 6.07) is 31.7. The molecule has 2 amide bonds. The number of nitrogens with one attached hydrogen (secondary N) is 2. The van der Waals surface area contributed by atoms with E-state index in [1.54, 1.807) is 24.1 Å². The van der Waals surface area contributed by atoms with E-state index < -0.39 is 12.2 Å². The molecule has 2 heterocycles. The van der Waals surface area contributed by atoms with Crippen LogP contribution >= 0.6 is 0 Å². The van der Waals surface area contributed by atoms with E-state index in [2.05, 4.69) is 15.2 Å². The first kappa shape index (κ1) is 40.9. The Morgan fingerprint density at radius 2 is 1.60 bits per heavy atom. The highest BCUT2D eigenvalue weighted by Gasteiger charge is 2.24. The molecule has 298 valence electrons. The molecular formula is C46H52N4O7. The number of nitrogens with zero attached hydrogens (tertiary/aromatic N) is 2. The predicted octanol–water partition coefficient (Wildman–Crippen LogP) is 7.41. The number of aliphatic hydroxyl groups excluding tert-OH is 1. The van der Waals surface area contributed by atoms with Gasteiger partial charge in [0.25, 0.3) is 0 Å². The van der Waals surface area contributed by atoms with Crippen LogP contribution in [0.4, 0.5) is 10.5 Å². The van der Waals surface area contributed by atoms with Crippen molar-refractivity contribution >= 4 is 34.4 Å². The molecule has 1 saturated heterocycles. The van der Waals surface area contributed by atoms with Crippen LogP contribution in [0.5, 0.6) is 5.75 Å². The quantitative estimate of drug-likeness (QED) is 0.0763. The minimum absolute atomic E-state index is 0.0334. The van der Waals surface area contributed by atoms with Crippen molar-refractivity contribution in [2.45, 2.75) is 70.0 Å². The molecule has 5 aromatic rings. The van der Waals surface area contributed by atoms with Gasteiger partial charge in [0.2, 0.25) is 11.5 Å². The first-order valence-electron chi connectivity index (χ1n) is 19.8. The Hall–Kier alpha value is -5.78. The third kappa shape index (κ3) is 11.6. The number of aromatic amines is 1. The number of Topliss-reactive ketones (excluding diaryl/α,β-unsaturated/α-hetero) is 1. The number of amides is 2. The van der Waals surface area contributed by atoms with Crippen LogP contribution in [0.25, 0.3) is 22.0 Å². The number of aryl methyl sites for hydroxylation is 1. The van der Waals surface area contributed by atoms with Crippen molar-refractivity contribution in [1.29, 1.82) is 0 Å². The second kappa shape index (κ2) is 19.9. The molecule has 1 aliphatic heterocycles. The molecule has 6 rings (SSSR count). The van der Waals surface area contributed by atoms with Crippen LogP contribution < -0.4 is 10.9 Å². The van der Waals surface area contributed by atoms with Gasteiger partial charge in [0.05, 0.1) is 17.3 Å². The molecule has 4 aromatic carbocycles. The molecule has 0 bridgehead atoms. The molecule has 0 spiro atoms. The Kier molecular flexibility index (Phi) is 14.3. The number of ketones is 1. The van der Waals surface area contributed by atoms with Gasteiger partial charge in [0.1, 0.15) is 17.6 Å². The van der Waals surface area contributed by atoms with Crippen molar-refractivity contribution in [1.82, 2.24) is 14.8 Å².